The average molecular weight is 424 g/mol. The van der Waals surface area contributed by atoms with Gasteiger partial charge in [-0.05, 0) is 11.1 Å². The van der Waals surface area contributed by atoms with Gasteiger partial charge >= 0.3 is 5.97 Å². The third kappa shape index (κ3) is 4.76. The van der Waals surface area contributed by atoms with Crippen molar-refractivity contribution >= 4 is 17.8 Å². The third-order valence-electron chi connectivity index (χ3n) is 5.36. The minimum Gasteiger partial charge on any atom is -0.467 e. The molecule has 1 N–H and O–H groups in total. The number of ether oxygens (including phenoxy) is 3. The Labute approximate surface area is 180 Å². The van der Waals surface area contributed by atoms with Crippen molar-refractivity contribution in [1.29, 1.82) is 0 Å². The normalized spacial score (nSPS) is 23.3. The highest BCUT2D eigenvalue weighted by molar-refractivity contribution is 5.94. The first-order chi connectivity index (χ1) is 15.0. The number of esters is 1. The largest absolute Gasteiger partial charge is 0.467 e. The summed E-state index contributed by atoms with van der Waals surface area (Å²) in [4.78, 5) is 39.7. The lowest BCUT2D eigenvalue weighted by atomic mass is 10.0. The fourth-order valence-electron chi connectivity index (χ4n) is 3.81. The van der Waals surface area contributed by atoms with E-state index >= 15 is 0 Å². The zero-order valence-corrected chi connectivity index (χ0v) is 17.1. The third-order valence-corrected chi connectivity index (χ3v) is 5.36. The molecule has 0 radical (unpaired) electrons. The van der Waals surface area contributed by atoms with Gasteiger partial charge in [-0.3, -0.25) is 9.59 Å². The molecular weight excluding hydrogens is 400 g/mol. The summed E-state index contributed by atoms with van der Waals surface area (Å²) in [5.74, 6) is -1.46. The zero-order valence-electron chi connectivity index (χ0n) is 17.1. The number of carbonyl (C=O) groups excluding carboxylic acids is 3. The van der Waals surface area contributed by atoms with Gasteiger partial charge in [0.25, 0.3) is 11.8 Å². The van der Waals surface area contributed by atoms with E-state index in [1.54, 1.807) is 4.90 Å². The van der Waals surface area contributed by atoms with Crippen LogP contribution >= 0.6 is 0 Å². The number of methoxy groups -OCH3 is 1. The maximum Gasteiger partial charge on any atom is 0.328 e. The number of rotatable bonds is 7. The number of carbonyl (C=O) groups is 3. The molecule has 2 aromatic carbocycles. The van der Waals surface area contributed by atoms with Crippen LogP contribution in [0.2, 0.25) is 0 Å². The summed E-state index contributed by atoms with van der Waals surface area (Å²) in [6.07, 6.45) is -2.60. The van der Waals surface area contributed by atoms with Crippen molar-refractivity contribution in [2.24, 2.45) is 0 Å². The standard InChI is InChI=1S/C23H24N2O6/c1-29-23(28)17(12-15-8-4-2-5-9-15)24-21(26)19-20-22(27)25(14-18(30-19)31-20)13-16-10-6-3-7-11-16/h2-11,17-20H,12-14H2,1H3,(H,24,26)/t17?,18-,19-,20-/m1/s1. The molecule has 0 aliphatic carbocycles. The van der Waals surface area contributed by atoms with E-state index in [0.29, 0.717) is 6.54 Å². The molecule has 0 aromatic heterocycles. The summed E-state index contributed by atoms with van der Waals surface area (Å²) in [6, 6.07) is 18.0. The smallest absolute Gasteiger partial charge is 0.328 e. The van der Waals surface area contributed by atoms with Crippen LogP contribution in [0.1, 0.15) is 11.1 Å². The Bertz CT molecular complexity index is 936. The monoisotopic (exact) mass is 424 g/mol. The second-order valence-corrected chi connectivity index (χ2v) is 7.52. The lowest BCUT2D eigenvalue weighted by Gasteiger charge is -2.30. The van der Waals surface area contributed by atoms with Gasteiger partial charge in [-0.25, -0.2) is 4.79 Å². The molecular formula is C23H24N2O6. The molecule has 2 aliphatic heterocycles. The number of benzene rings is 2. The molecule has 1 unspecified atom stereocenters. The van der Waals surface area contributed by atoms with Crippen LogP contribution in [-0.2, 0) is 41.6 Å². The van der Waals surface area contributed by atoms with Gasteiger partial charge in [0.15, 0.2) is 18.5 Å². The van der Waals surface area contributed by atoms with Crippen LogP contribution in [0.4, 0.5) is 0 Å². The number of nitrogens with one attached hydrogen (secondary N) is 1. The Morgan fingerprint density at radius 3 is 2.35 bits per heavy atom. The molecule has 2 aliphatic rings. The van der Waals surface area contributed by atoms with Crippen LogP contribution < -0.4 is 5.32 Å². The molecule has 2 amide bonds. The van der Waals surface area contributed by atoms with Crippen molar-refractivity contribution in [3.05, 3.63) is 71.8 Å². The van der Waals surface area contributed by atoms with E-state index in [1.807, 2.05) is 60.7 Å². The average Bonchev–Trinajstić information content (AvgIpc) is 3.17. The Balaban J connectivity index is 1.43. The Morgan fingerprint density at radius 2 is 1.71 bits per heavy atom. The van der Waals surface area contributed by atoms with Crippen LogP contribution in [-0.4, -0.2) is 60.9 Å². The summed E-state index contributed by atoms with van der Waals surface area (Å²) in [7, 11) is 1.26. The van der Waals surface area contributed by atoms with E-state index < -0.39 is 36.4 Å². The summed E-state index contributed by atoms with van der Waals surface area (Å²) in [6.45, 7) is 0.644. The number of fused-ring (bicyclic) bond motifs is 2. The Kier molecular flexibility index (Phi) is 6.29. The van der Waals surface area contributed by atoms with Crippen molar-refractivity contribution in [3.63, 3.8) is 0 Å². The number of morpholine rings is 1. The van der Waals surface area contributed by atoms with Crippen LogP contribution in [0.25, 0.3) is 0 Å². The van der Waals surface area contributed by atoms with E-state index in [9.17, 15) is 14.4 Å². The number of hydrogen-bond donors (Lipinski definition) is 1. The van der Waals surface area contributed by atoms with E-state index in [4.69, 9.17) is 14.2 Å². The van der Waals surface area contributed by atoms with Crippen molar-refractivity contribution in [2.45, 2.75) is 37.5 Å². The van der Waals surface area contributed by atoms with Crippen molar-refractivity contribution in [1.82, 2.24) is 10.2 Å². The second-order valence-electron chi connectivity index (χ2n) is 7.52. The van der Waals surface area contributed by atoms with Crippen molar-refractivity contribution in [2.75, 3.05) is 13.7 Å². The SMILES string of the molecule is COC(=O)C(Cc1ccccc1)NC(=O)[C@@H]1O[C@H]2CN(Cc3ccccc3)C(=O)[C@@H]1O2. The molecule has 2 heterocycles. The lowest BCUT2D eigenvalue weighted by Crippen LogP contribution is -2.53. The van der Waals surface area contributed by atoms with Crippen LogP contribution in [0.3, 0.4) is 0 Å². The Morgan fingerprint density at radius 1 is 1.06 bits per heavy atom. The van der Waals surface area contributed by atoms with E-state index in [2.05, 4.69) is 5.32 Å². The highest BCUT2D eigenvalue weighted by Gasteiger charge is 2.51. The van der Waals surface area contributed by atoms with Gasteiger partial charge in [0.2, 0.25) is 0 Å². The maximum atomic E-state index is 12.9. The molecule has 4 atom stereocenters. The van der Waals surface area contributed by atoms with Crippen molar-refractivity contribution in [3.8, 4) is 0 Å². The first-order valence-electron chi connectivity index (χ1n) is 10.1. The van der Waals surface area contributed by atoms with E-state index in [-0.39, 0.29) is 18.9 Å². The lowest BCUT2D eigenvalue weighted by molar-refractivity contribution is -0.162. The minimum absolute atomic E-state index is 0.235. The van der Waals surface area contributed by atoms with Crippen molar-refractivity contribution < 1.29 is 28.6 Å². The van der Waals surface area contributed by atoms with Gasteiger partial charge < -0.3 is 24.4 Å². The quantitative estimate of drug-likeness (QED) is 0.668. The molecule has 0 saturated carbocycles. The zero-order chi connectivity index (χ0) is 21.8. The molecule has 4 rings (SSSR count). The highest BCUT2D eigenvalue weighted by atomic mass is 16.7. The molecule has 8 nitrogen and oxygen atoms in total. The summed E-state index contributed by atoms with van der Waals surface area (Å²) < 4.78 is 16.1. The molecule has 0 spiro atoms. The summed E-state index contributed by atoms with van der Waals surface area (Å²) in [5.41, 5.74) is 1.84. The minimum atomic E-state index is -1.12. The van der Waals surface area contributed by atoms with E-state index in [0.717, 1.165) is 11.1 Å². The molecule has 8 heteroatoms. The number of nitrogens with zero attached hydrogens (tertiary/aromatic N) is 1. The Hall–Kier alpha value is -3.23. The van der Waals surface area contributed by atoms with Gasteiger partial charge in [0, 0.05) is 13.0 Å². The first-order valence-corrected chi connectivity index (χ1v) is 10.1. The highest BCUT2D eigenvalue weighted by Crippen LogP contribution is 2.28. The summed E-state index contributed by atoms with van der Waals surface area (Å²) >= 11 is 0. The predicted molar refractivity (Wildman–Crippen MR) is 109 cm³/mol. The van der Waals surface area contributed by atoms with Crippen LogP contribution in [0.5, 0.6) is 0 Å². The molecule has 2 aromatic rings. The second kappa shape index (κ2) is 9.28. The summed E-state index contributed by atoms with van der Waals surface area (Å²) in [5, 5.41) is 2.67. The van der Waals surface area contributed by atoms with Gasteiger partial charge in [0.05, 0.1) is 13.7 Å². The van der Waals surface area contributed by atoms with Gasteiger partial charge in [-0.15, -0.1) is 0 Å². The fraction of sp³-hybridized carbons (Fsp3) is 0.348. The molecule has 162 valence electrons. The maximum absolute atomic E-state index is 12.9. The van der Waals surface area contributed by atoms with Crippen LogP contribution in [0, 0.1) is 0 Å². The first kappa shape index (κ1) is 21.0. The number of hydrogen-bond acceptors (Lipinski definition) is 6. The van der Waals surface area contributed by atoms with Gasteiger partial charge in [-0.1, -0.05) is 60.7 Å². The van der Waals surface area contributed by atoms with Gasteiger partial charge in [0.1, 0.15) is 6.04 Å². The topological polar surface area (TPSA) is 94.2 Å². The van der Waals surface area contributed by atoms with E-state index in [1.165, 1.54) is 7.11 Å². The van der Waals surface area contributed by atoms with Gasteiger partial charge in [-0.2, -0.15) is 0 Å². The predicted octanol–water partition coefficient (Wildman–Crippen LogP) is 1.04. The molecule has 2 fully saturated rings. The molecule has 2 saturated heterocycles. The fourth-order valence-corrected chi connectivity index (χ4v) is 3.81. The number of amides is 2. The molecule has 31 heavy (non-hydrogen) atoms. The van der Waals surface area contributed by atoms with Crippen LogP contribution in [0.15, 0.2) is 60.7 Å². The molecule has 2 bridgehead atoms.